The Morgan fingerprint density at radius 2 is 2.06 bits per heavy atom. The Hall–Kier alpha value is -2.14. The van der Waals surface area contributed by atoms with Gasteiger partial charge < -0.3 is 0 Å². The molecule has 0 spiro atoms. The molecular weight excluding hydrogens is 208 g/mol. The Morgan fingerprint density at radius 3 is 2.76 bits per heavy atom. The zero-order valence-electron chi connectivity index (χ0n) is 9.80. The molecule has 0 N–H and O–H groups in total. The van der Waals surface area contributed by atoms with Gasteiger partial charge in [0.15, 0.2) is 0 Å². The van der Waals surface area contributed by atoms with Crippen molar-refractivity contribution in [3.63, 3.8) is 0 Å². The van der Waals surface area contributed by atoms with E-state index in [1.807, 2.05) is 55.5 Å². The molecule has 17 heavy (non-hydrogen) atoms. The van der Waals surface area contributed by atoms with E-state index in [9.17, 15) is 0 Å². The van der Waals surface area contributed by atoms with Crippen molar-refractivity contribution in [3.05, 3.63) is 54.1 Å². The van der Waals surface area contributed by atoms with Gasteiger partial charge in [-0.15, -0.1) is 0 Å². The Bertz CT molecular complexity index is 516. The van der Waals surface area contributed by atoms with Crippen molar-refractivity contribution in [3.8, 4) is 6.07 Å². The number of nitriles is 1. The molecule has 0 bridgehead atoms. The molecule has 1 unspecified atom stereocenters. The van der Waals surface area contributed by atoms with Gasteiger partial charge in [0.25, 0.3) is 0 Å². The molecule has 1 aliphatic carbocycles. The molecule has 0 amide bonds. The number of para-hydroxylation sites is 1. The summed E-state index contributed by atoms with van der Waals surface area (Å²) >= 11 is 0. The number of aliphatic imine (C=N–C) groups is 1. The quantitative estimate of drug-likeness (QED) is 0.749. The number of hydrogen-bond acceptors (Lipinski definition) is 2. The highest BCUT2D eigenvalue weighted by Crippen LogP contribution is 2.21. The topological polar surface area (TPSA) is 36.1 Å². The predicted molar refractivity (Wildman–Crippen MR) is 70.2 cm³/mol. The summed E-state index contributed by atoms with van der Waals surface area (Å²) in [4.78, 5) is 4.56. The first-order valence-electron chi connectivity index (χ1n) is 5.69. The van der Waals surface area contributed by atoms with Crippen LogP contribution in [0, 0.1) is 17.2 Å². The first kappa shape index (κ1) is 11.3. The third-order valence-corrected chi connectivity index (χ3v) is 2.76. The summed E-state index contributed by atoms with van der Waals surface area (Å²) in [6.45, 7) is 1.92. The van der Waals surface area contributed by atoms with Crippen molar-refractivity contribution in [1.82, 2.24) is 0 Å². The van der Waals surface area contributed by atoms with Crippen LogP contribution in [-0.4, -0.2) is 5.71 Å². The molecule has 1 atom stereocenters. The summed E-state index contributed by atoms with van der Waals surface area (Å²) in [6, 6.07) is 12.1. The molecule has 0 saturated carbocycles. The largest absolute Gasteiger partial charge is 0.253 e. The summed E-state index contributed by atoms with van der Waals surface area (Å²) in [5, 5.41) is 8.91. The van der Waals surface area contributed by atoms with Crippen LogP contribution in [0.1, 0.15) is 13.3 Å². The molecule has 2 nitrogen and oxygen atoms in total. The maximum atomic E-state index is 8.91. The Labute approximate surface area is 102 Å². The van der Waals surface area contributed by atoms with E-state index in [4.69, 9.17) is 5.26 Å². The van der Waals surface area contributed by atoms with Crippen LogP contribution >= 0.6 is 0 Å². The highest BCUT2D eigenvalue weighted by atomic mass is 14.7. The SMILES string of the molecule is CC(C#N)C1=CC=CC(=Nc2ccccc2)C1. The van der Waals surface area contributed by atoms with Crippen LogP contribution in [0.15, 0.2) is 59.1 Å². The fourth-order valence-electron chi connectivity index (χ4n) is 1.74. The van der Waals surface area contributed by atoms with E-state index < -0.39 is 0 Å². The lowest BCUT2D eigenvalue weighted by Gasteiger charge is -2.12. The molecule has 0 aliphatic heterocycles. The molecule has 1 aromatic rings. The molecule has 0 radical (unpaired) electrons. The molecule has 2 heteroatoms. The standard InChI is InChI=1S/C15H14N2/c1-12(11-16)13-6-5-9-15(10-13)17-14-7-3-2-4-8-14/h2-9,12H,10H2,1H3. The molecule has 1 aromatic carbocycles. The number of benzene rings is 1. The second-order valence-corrected chi connectivity index (χ2v) is 4.07. The normalized spacial score (nSPS) is 18.6. The number of allylic oxidation sites excluding steroid dienone is 4. The number of nitrogens with zero attached hydrogens (tertiary/aromatic N) is 2. The van der Waals surface area contributed by atoms with E-state index in [0.717, 1.165) is 23.4 Å². The van der Waals surface area contributed by atoms with Crippen molar-refractivity contribution in [2.45, 2.75) is 13.3 Å². The Morgan fingerprint density at radius 1 is 1.29 bits per heavy atom. The number of hydrogen-bond donors (Lipinski definition) is 0. The average molecular weight is 222 g/mol. The van der Waals surface area contributed by atoms with Crippen LogP contribution < -0.4 is 0 Å². The van der Waals surface area contributed by atoms with Gasteiger partial charge in [0, 0.05) is 12.1 Å². The summed E-state index contributed by atoms with van der Waals surface area (Å²) in [6.07, 6.45) is 6.74. The van der Waals surface area contributed by atoms with Crippen molar-refractivity contribution in [2.75, 3.05) is 0 Å². The van der Waals surface area contributed by atoms with Crippen molar-refractivity contribution >= 4 is 11.4 Å². The Balaban J connectivity index is 2.17. The van der Waals surface area contributed by atoms with Crippen molar-refractivity contribution in [2.24, 2.45) is 10.9 Å². The third-order valence-electron chi connectivity index (χ3n) is 2.76. The molecular formula is C15H14N2. The van der Waals surface area contributed by atoms with Gasteiger partial charge in [-0.05, 0) is 30.7 Å². The highest BCUT2D eigenvalue weighted by molar-refractivity contribution is 5.99. The second-order valence-electron chi connectivity index (χ2n) is 4.07. The van der Waals surface area contributed by atoms with Gasteiger partial charge in [-0.3, -0.25) is 4.99 Å². The fourth-order valence-corrected chi connectivity index (χ4v) is 1.74. The van der Waals surface area contributed by atoms with E-state index in [1.54, 1.807) is 0 Å². The van der Waals surface area contributed by atoms with E-state index >= 15 is 0 Å². The molecule has 84 valence electrons. The van der Waals surface area contributed by atoms with Gasteiger partial charge >= 0.3 is 0 Å². The lowest BCUT2D eigenvalue weighted by molar-refractivity contribution is 0.855. The zero-order valence-corrected chi connectivity index (χ0v) is 9.80. The maximum Gasteiger partial charge on any atom is 0.0697 e. The minimum Gasteiger partial charge on any atom is -0.253 e. The van der Waals surface area contributed by atoms with Crippen molar-refractivity contribution < 1.29 is 0 Å². The summed E-state index contributed by atoms with van der Waals surface area (Å²) in [7, 11) is 0. The van der Waals surface area contributed by atoms with Crippen LogP contribution in [0.25, 0.3) is 0 Å². The van der Waals surface area contributed by atoms with Crippen LogP contribution in [0.2, 0.25) is 0 Å². The molecule has 0 heterocycles. The minimum atomic E-state index is -0.0408. The van der Waals surface area contributed by atoms with Crippen LogP contribution in [-0.2, 0) is 0 Å². The first-order chi connectivity index (χ1) is 8.29. The average Bonchev–Trinajstić information content (AvgIpc) is 2.39. The Kier molecular flexibility index (Phi) is 3.52. The lowest BCUT2D eigenvalue weighted by Crippen LogP contribution is -2.06. The molecule has 1 aliphatic rings. The molecule has 0 fully saturated rings. The first-order valence-corrected chi connectivity index (χ1v) is 5.69. The third kappa shape index (κ3) is 2.92. The van der Waals surface area contributed by atoms with Gasteiger partial charge in [-0.1, -0.05) is 30.4 Å². The van der Waals surface area contributed by atoms with Gasteiger partial charge in [0.05, 0.1) is 17.7 Å². The highest BCUT2D eigenvalue weighted by Gasteiger charge is 2.11. The summed E-state index contributed by atoms with van der Waals surface area (Å²) in [5.41, 5.74) is 3.10. The fraction of sp³-hybridized carbons (Fsp3) is 0.200. The smallest absolute Gasteiger partial charge is 0.0697 e. The molecule has 2 rings (SSSR count). The van der Waals surface area contributed by atoms with E-state index in [-0.39, 0.29) is 5.92 Å². The van der Waals surface area contributed by atoms with Gasteiger partial charge in [0.2, 0.25) is 0 Å². The van der Waals surface area contributed by atoms with E-state index in [1.165, 1.54) is 0 Å². The molecule has 0 aromatic heterocycles. The predicted octanol–water partition coefficient (Wildman–Crippen LogP) is 3.81. The summed E-state index contributed by atoms with van der Waals surface area (Å²) in [5.74, 6) is -0.0408. The van der Waals surface area contributed by atoms with Gasteiger partial charge in [-0.2, -0.15) is 5.26 Å². The minimum absolute atomic E-state index is 0.0408. The summed E-state index contributed by atoms with van der Waals surface area (Å²) < 4.78 is 0. The van der Waals surface area contributed by atoms with Crippen LogP contribution in [0.4, 0.5) is 5.69 Å². The van der Waals surface area contributed by atoms with Crippen molar-refractivity contribution in [1.29, 1.82) is 5.26 Å². The van der Waals surface area contributed by atoms with Gasteiger partial charge in [0.1, 0.15) is 0 Å². The van der Waals surface area contributed by atoms with Crippen LogP contribution in [0.5, 0.6) is 0 Å². The molecule has 0 saturated heterocycles. The van der Waals surface area contributed by atoms with Gasteiger partial charge in [-0.25, -0.2) is 0 Å². The lowest BCUT2D eigenvalue weighted by atomic mass is 9.93. The van der Waals surface area contributed by atoms with E-state index in [0.29, 0.717) is 0 Å². The monoisotopic (exact) mass is 222 g/mol. The van der Waals surface area contributed by atoms with Crippen LogP contribution in [0.3, 0.4) is 0 Å². The zero-order chi connectivity index (χ0) is 12.1. The van der Waals surface area contributed by atoms with E-state index in [2.05, 4.69) is 11.1 Å². The maximum absolute atomic E-state index is 8.91. The number of rotatable bonds is 2. The second kappa shape index (κ2) is 5.27.